The normalized spacial score (nSPS) is 13.6. The summed E-state index contributed by atoms with van der Waals surface area (Å²) in [6.07, 6.45) is 5.62. The number of carbonyl (C=O) groups excluding carboxylic acids is 2. The summed E-state index contributed by atoms with van der Waals surface area (Å²) in [6, 6.07) is 34.4. The van der Waals surface area contributed by atoms with Crippen molar-refractivity contribution in [1.82, 2.24) is 24.6 Å². The summed E-state index contributed by atoms with van der Waals surface area (Å²) in [5, 5.41) is 8.79. The van der Waals surface area contributed by atoms with Crippen molar-refractivity contribution >= 4 is 31.6 Å². The van der Waals surface area contributed by atoms with Crippen LogP contribution in [0.2, 0.25) is 0 Å². The molecule has 0 fully saturated rings. The molecule has 0 radical (unpaired) electrons. The largest absolute Gasteiger partial charge is 0.465 e. The maximum atomic E-state index is 13.4. The summed E-state index contributed by atoms with van der Waals surface area (Å²) < 4.78 is 57.2. The van der Waals surface area contributed by atoms with Crippen molar-refractivity contribution in [2.24, 2.45) is 14.1 Å². The quantitative estimate of drug-likeness (QED) is 0.0824. The minimum absolute atomic E-state index is 0.0178. The zero-order valence-electron chi connectivity index (χ0n) is 32.2. The molecule has 298 valence electrons. The topological polar surface area (TPSA) is 180 Å². The van der Waals surface area contributed by atoms with E-state index in [1.54, 1.807) is 26.1 Å². The molecular formula is C42H45N5O8S2. The lowest BCUT2D eigenvalue weighted by Crippen LogP contribution is -2.51. The van der Waals surface area contributed by atoms with Crippen LogP contribution in [0.4, 0.5) is 0 Å². The fraction of sp³-hybridized carbons (Fsp3) is 0.238. The van der Waals surface area contributed by atoms with Gasteiger partial charge in [0.2, 0.25) is 30.0 Å². The second-order valence-corrected chi connectivity index (χ2v) is 18.3. The highest BCUT2D eigenvalue weighted by Crippen LogP contribution is 2.32. The summed E-state index contributed by atoms with van der Waals surface area (Å²) in [4.78, 5) is 33.0. The molecule has 0 saturated carbocycles. The summed E-state index contributed by atoms with van der Waals surface area (Å²) in [6.45, 7) is 4.44. The molecule has 0 aliphatic heterocycles. The molecule has 2 N–H and O–H groups in total. The van der Waals surface area contributed by atoms with E-state index < -0.39 is 41.0 Å². The van der Waals surface area contributed by atoms with E-state index in [1.807, 2.05) is 97.1 Å². The van der Waals surface area contributed by atoms with Crippen LogP contribution < -0.4 is 5.48 Å². The van der Waals surface area contributed by atoms with Gasteiger partial charge < -0.3 is 13.9 Å². The Morgan fingerprint density at radius 3 is 1.35 bits per heavy atom. The number of nitrogens with one attached hydrogen (secondary N) is 1. The zero-order valence-corrected chi connectivity index (χ0v) is 33.9. The fourth-order valence-corrected chi connectivity index (χ4v) is 9.64. The van der Waals surface area contributed by atoms with E-state index in [-0.39, 0.29) is 29.8 Å². The number of aryl methyl sites for hydroxylation is 2. The van der Waals surface area contributed by atoms with Crippen LogP contribution in [0.3, 0.4) is 0 Å². The second kappa shape index (κ2) is 17.5. The lowest BCUT2D eigenvalue weighted by molar-refractivity contribution is -0.145. The van der Waals surface area contributed by atoms with Crippen molar-refractivity contribution in [3.05, 3.63) is 145 Å². The first-order valence-electron chi connectivity index (χ1n) is 17.9. The molecule has 0 aliphatic rings. The number of hydrogen-bond donors (Lipinski definition) is 2. The maximum absolute atomic E-state index is 13.4. The number of carbonyl (C=O) groups is 2. The number of esters is 1. The molecule has 4 aromatic carbocycles. The molecule has 13 nitrogen and oxygen atoms in total. The van der Waals surface area contributed by atoms with Gasteiger partial charge in [-0.05, 0) is 54.2 Å². The number of sulfone groups is 2. The van der Waals surface area contributed by atoms with E-state index in [0.717, 1.165) is 27.8 Å². The molecule has 0 bridgehead atoms. The van der Waals surface area contributed by atoms with Gasteiger partial charge in [-0.1, -0.05) is 109 Å². The van der Waals surface area contributed by atoms with Gasteiger partial charge >= 0.3 is 5.97 Å². The van der Waals surface area contributed by atoms with Crippen LogP contribution in [0.1, 0.15) is 31.9 Å². The number of rotatable bonds is 13. The van der Waals surface area contributed by atoms with Crippen LogP contribution in [-0.2, 0) is 60.9 Å². The van der Waals surface area contributed by atoms with Gasteiger partial charge in [0, 0.05) is 51.7 Å². The van der Waals surface area contributed by atoms with Crippen molar-refractivity contribution in [2.75, 3.05) is 6.61 Å². The average molecular weight is 812 g/mol. The van der Waals surface area contributed by atoms with Gasteiger partial charge in [0.1, 0.15) is 0 Å². The Balaban J connectivity index is 0.000000218. The van der Waals surface area contributed by atoms with Gasteiger partial charge in [-0.25, -0.2) is 32.3 Å². The van der Waals surface area contributed by atoms with Crippen molar-refractivity contribution in [3.8, 4) is 22.3 Å². The van der Waals surface area contributed by atoms with Gasteiger partial charge in [0.05, 0.1) is 6.61 Å². The number of hydrogen-bond acceptors (Lipinski definition) is 10. The van der Waals surface area contributed by atoms with Crippen molar-refractivity contribution in [1.29, 1.82) is 0 Å². The minimum Gasteiger partial charge on any atom is -0.465 e. The molecule has 2 heterocycles. The Labute approximate surface area is 332 Å². The predicted molar refractivity (Wildman–Crippen MR) is 215 cm³/mol. The van der Waals surface area contributed by atoms with Gasteiger partial charge in [0.15, 0.2) is 9.49 Å². The maximum Gasteiger partial charge on any atom is 0.328 e. The lowest BCUT2D eigenvalue weighted by Gasteiger charge is -2.26. The number of hydroxylamine groups is 1. The Hall–Kier alpha value is -5.90. The molecular weight excluding hydrogens is 767 g/mol. The molecule has 15 heteroatoms. The van der Waals surface area contributed by atoms with Crippen LogP contribution in [0.15, 0.2) is 144 Å². The smallest absolute Gasteiger partial charge is 0.328 e. The molecule has 2 unspecified atom stereocenters. The van der Waals surface area contributed by atoms with Gasteiger partial charge in [-0.3, -0.25) is 14.8 Å². The lowest BCUT2D eigenvalue weighted by atomic mass is 9.97. The summed E-state index contributed by atoms with van der Waals surface area (Å²) in [5.41, 5.74) is 6.94. The first-order valence-corrected chi connectivity index (χ1v) is 20.9. The number of imidazole rings is 2. The molecule has 6 aromatic rings. The monoisotopic (exact) mass is 811 g/mol. The molecule has 2 atom stereocenters. The van der Waals surface area contributed by atoms with Crippen LogP contribution in [0.5, 0.6) is 0 Å². The third-order valence-electron chi connectivity index (χ3n) is 9.72. The van der Waals surface area contributed by atoms with Crippen molar-refractivity contribution < 1.29 is 36.4 Å². The summed E-state index contributed by atoms with van der Waals surface area (Å²) in [5.74, 6) is -1.79. The van der Waals surface area contributed by atoms with E-state index in [2.05, 4.69) is 9.97 Å². The van der Waals surface area contributed by atoms with Gasteiger partial charge in [-0.2, -0.15) is 0 Å². The SMILES string of the molecule is CCOC(=O)C(C)(Cc1ccc(-c2ccccc2)cc1)S(=O)(=O)c1nccn1C.Cn1ccnc1S(=O)(=O)C(C)(Cc1ccc(-c2ccccc2)cc1)C(=O)NO. The number of aromatic nitrogens is 4. The first kappa shape index (κ1) is 42.2. The third kappa shape index (κ3) is 8.75. The molecule has 57 heavy (non-hydrogen) atoms. The Morgan fingerprint density at radius 1 is 0.632 bits per heavy atom. The van der Waals surface area contributed by atoms with E-state index in [4.69, 9.17) is 4.74 Å². The van der Waals surface area contributed by atoms with Crippen LogP contribution >= 0.6 is 0 Å². The first-order chi connectivity index (χ1) is 27.1. The summed E-state index contributed by atoms with van der Waals surface area (Å²) in [7, 11) is -5.16. The van der Waals surface area contributed by atoms with E-state index in [0.29, 0.717) is 5.56 Å². The fourth-order valence-electron chi connectivity index (χ4n) is 6.27. The Bertz CT molecular complexity index is 2520. The molecule has 6 rings (SSSR count). The predicted octanol–water partition coefficient (Wildman–Crippen LogP) is 5.79. The molecule has 1 amide bonds. The molecule has 2 aromatic heterocycles. The van der Waals surface area contributed by atoms with Gasteiger partial charge in [0.25, 0.3) is 5.91 Å². The second-order valence-electron chi connectivity index (χ2n) is 13.8. The number of amides is 1. The van der Waals surface area contributed by atoms with Crippen LogP contribution in [-0.4, -0.2) is 69.1 Å². The molecule has 0 spiro atoms. The Kier molecular flexibility index (Phi) is 13.0. The minimum atomic E-state index is -4.18. The number of ether oxygens (including phenoxy) is 1. The highest BCUT2D eigenvalue weighted by atomic mass is 32.2. The standard InChI is InChI=1S/C22H24N2O4S.C20H21N3O4S/c1-4-28-20(25)22(2,29(26,27)21-23-14-15-24(21)3)16-17-10-12-19(13-11-17)18-8-6-5-7-9-18;1-20(18(24)22-25,28(26,27)19-21-12-13-23(19)2)14-15-8-10-17(11-9-15)16-6-4-3-5-7-16/h5-15H,4,16H2,1-3H3;3-13,25H,14H2,1-2H3,(H,22,24). The Morgan fingerprint density at radius 2 is 1.00 bits per heavy atom. The summed E-state index contributed by atoms with van der Waals surface area (Å²) >= 11 is 0. The molecule has 0 saturated heterocycles. The van der Waals surface area contributed by atoms with Crippen molar-refractivity contribution in [3.63, 3.8) is 0 Å². The zero-order chi connectivity index (χ0) is 41.4. The van der Waals surface area contributed by atoms with Crippen LogP contribution in [0.25, 0.3) is 22.3 Å². The number of benzene rings is 4. The number of nitrogens with zero attached hydrogens (tertiary/aromatic N) is 4. The van der Waals surface area contributed by atoms with Crippen LogP contribution in [0, 0.1) is 0 Å². The highest BCUT2D eigenvalue weighted by molar-refractivity contribution is 7.93. The molecule has 0 aliphatic carbocycles. The van der Waals surface area contributed by atoms with Crippen molar-refractivity contribution in [2.45, 2.75) is 53.4 Å². The van der Waals surface area contributed by atoms with E-state index in [1.165, 1.54) is 60.3 Å². The average Bonchev–Trinajstić information content (AvgIpc) is 3.87. The van der Waals surface area contributed by atoms with E-state index in [9.17, 15) is 31.6 Å². The highest BCUT2D eigenvalue weighted by Gasteiger charge is 2.51. The van der Waals surface area contributed by atoms with Gasteiger partial charge in [-0.15, -0.1) is 0 Å². The van der Waals surface area contributed by atoms with E-state index >= 15 is 0 Å². The third-order valence-corrected chi connectivity index (χ3v) is 14.5.